The first kappa shape index (κ1) is 17.1. The largest absolute Gasteiger partial charge is 0.298 e. The molecule has 3 aromatic rings. The number of amides is 1. The summed E-state index contributed by atoms with van der Waals surface area (Å²) in [5.74, 6) is 0.297. The Bertz CT molecular complexity index is 890. The van der Waals surface area contributed by atoms with Gasteiger partial charge in [-0.2, -0.15) is 5.10 Å². The molecule has 0 fully saturated rings. The second-order valence-corrected chi connectivity index (χ2v) is 6.94. The van der Waals surface area contributed by atoms with Crippen LogP contribution < -0.4 is 5.32 Å². The van der Waals surface area contributed by atoms with E-state index in [-0.39, 0.29) is 5.91 Å². The highest BCUT2D eigenvalue weighted by Crippen LogP contribution is 2.26. The molecule has 3 rings (SSSR count). The summed E-state index contributed by atoms with van der Waals surface area (Å²) < 4.78 is 1.69. The number of benzene rings is 1. The molecule has 0 bridgehead atoms. The van der Waals surface area contributed by atoms with Crippen LogP contribution in [0.25, 0.3) is 17.3 Å². The van der Waals surface area contributed by atoms with E-state index in [1.54, 1.807) is 17.0 Å². The van der Waals surface area contributed by atoms with Gasteiger partial charge in [0.2, 0.25) is 5.91 Å². The van der Waals surface area contributed by atoms with Crippen molar-refractivity contribution in [3.05, 3.63) is 59.2 Å². The van der Waals surface area contributed by atoms with Crippen LogP contribution in [0, 0.1) is 0 Å². The molecule has 128 valence electrons. The van der Waals surface area contributed by atoms with E-state index in [9.17, 15) is 4.79 Å². The maximum atomic E-state index is 12.0. The van der Waals surface area contributed by atoms with Gasteiger partial charge in [0.05, 0.1) is 11.9 Å². The van der Waals surface area contributed by atoms with Gasteiger partial charge in [-0.25, -0.2) is 4.98 Å². The minimum Gasteiger partial charge on any atom is -0.298 e. The van der Waals surface area contributed by atoms with Gasteiger partial charge in [-0.15, -0.1) is 11.3 Å². The molecular formula is C19H20N4OS. The van der Waals surface area contributed by atoms with E-state index in [1.807, 2.05) is 18.6 Å². The molecule has 0 aliphatic heterocycles. The average Bonchev–Trinajstić information content (AvgIpc) is 3.22. The number of thiazole rings is 1. The minimum absolute atomic E-state index is 0.208. The fourth-order valence-electron chi connectivity index (χ4n) is 2.35. The molecule has 2 heterocycles. The van der Waals surface area contributed by atoms with E-state index >= 15 is 0 Å². The van der Waals surface area contributed by atoms with Gasteiger partial charge < -0.3 is 0 Å². The molecule has 1 aromatic carbocycles. The molecule has 0 unspecified atom stereocenters. The Labute approximate surface area is 151 Å². The summed E-state index contributed by atoms with van der Waals surface area (Å²) in [5.41, 5.74) is 4.09. The van der Waals surface area contributed by atoms with Gasteiger partial charge in [0.25, 0.3) is 0 Å². The fourth-order valence-corrected chi connectivity index (χ4v) is 3.07. The van der Waals surface area contributed by atoms with Crippen LogP contribution >= 0.6 is 11.3 Å². The lowest BCUT2D eigenvalue weighted by Crippen LogP contribution is -2.07. The van der Waals surface area contributed by atoms with Crippen molar-refractivity contribution in [2.45, 2.75) is 19.8 Å². The predicted molar refractivity (Wildman–Crippen MR) is 103 cm³/mol. The summed E-state index contributed by atoms with van der Waals surface area (Å²) in [4.78, 5) is 16.5. The molecule has 6 heteroatoms. The molecule has 0 aliphatic carbocycles. The van der Waals surface area contributed by atoms with Gasteiger partial charge in [-0.1, -0.05) is 38.1 Å². The summed E-state index contributed by atoms with van der Waals surface area (Å²) in [6, 6.07) is 8.37. The number of anilines is 1. The molecule has 0 atom stereocenters. The lowest BCUT2D eigenvalue weighted by molar-refractivity contribution is -0.111. The smallest absolute Gasteiger partial charge is 0.250 e. The Kier molecular flexibility index (Phi) is 5.09. The van der Waals surface area contributed by atoms with Gasteiger partial charge in [-0.3, -0.25) is 14.8 Å². The van der Waals surface area contributed by atoms with Crippen molar-refractivity contribution in [1.29, 1.82) is 0 Å². The van der Waals surface area contributed by atoms with Crippen molar-refractivity contribution >= 4 is 28.5 Å². The van der Waals surface area contributed by atoms with Gasteiger partial charge in [0.1, 0.15) is 0 Å². The van der Waals surface area contributed by atoms with Crippen molar-refractivity contribution in [3.8, 4) is 11.3 Å². The molecule has 25 heavy (non-hydrogen) atoms. The Morgan fingerprint density at radius 1 is 1.28 bits per heavy atom. The van der Waals surface area contributed by atoms with E-state index < -0.39 is 0 Å². The number of carbonyl (C=O) groups is 1. The summed E-state index contributed by atoms with van der Waals surface area (Å²) in [5, 5.41) is 9.39. The van der Waals surface area contributed by atoms with E-state index in [0.717, 1.165) is 16.8 Å². The summed E-state index contributed by atoms with van der Waals surface area (Å²) >= 11 is 1.42. The topological polar surface area (TPSA) is 59.8 Å². The molecule has 0 spiro atoms. The molecule has 5 nitrogen and oxygen atoms in total. The number of aryl methyl sites for hydroxylation is 1. The third-order valence-corrected chi connectivity index (χ3v) is 4.52. The van der Waals surface area contributed by atoms with E-state index in [1.165, 1.54) is 23.0 Å². The first-order valence-corrected chi connectivity index (χ1v) is 8.93. The molecule has 0 aliphatic rings. The predicted octanol–water partition coefficient (Wildman–Crippen LogP) is 4.32. The van der Waals surface area contributed by atoms with Crippen molar-refractivity contribution in [2.75, 3.05) is 5.32 Å². The van der Waals surface area contributed by atoms with Gasteiger partial charge in [0, 0.05) is 35.8 Å². The van der Waals surface area contributed by atoms with Crippen LogP contribution in [0.15, 0.2) is 48.1 Å². The highest BCUT2D eigenvalue weighted by atomic mass is 32.1. The summed E-state index contributed by atoms with van der Waals surface area (Å²) in [6.07, 6.45) is 6.75. The highest BCUT2D eigenvalue weighted by Gasteiger charge is 2.07. The molecule has 0 saturated heterocycles. The summed E-state index contributed by atoms with van der Waals surface area (Å²) in [7, 11) is 1.84. The Morgan fingerprint density at radius 2 is 2.04 bits per heavy atom. The first-order chi connectivity index (χ1) is 12.0. The Hall–Kier alpha value is -2.73. The maximum Gasteiger partial charge on any atom is 0.250 e. The second kappa shape index (κ2) is 7.44. The van der Waals surface area contributed by atoms with E-state index in [4.69, 9.17) is 0 Å². The van der Waals surface area contributed by atoms with Crippen LogP contribution in [-0.4, -0.2) is 20.7 Å². The van der Waals surface area contributed by atoms with Crippen LogP contribution in [0.4, 0.5) is 5.13 Å². The number of rotatable bonds is 5. The average molecular weight is 352 g/mol. The van der Waals surface area contributed by atoms with Crippen LogP contribution in [-0.2, 0) is 11.8 Å². The van der Waals surface area contributed by atoms with Crippen LogP contribution in [0.1, 0.15) is 30.9 Å². The molecule has 1 N–H and O–H groups in total. The van der Waals surface area contributed by atoms with E-state index in [2.05, 4.69) is 53.5 Å². The molecular weight excluding hydrogens is 332 g/mol. The Balaban J connectivity index is 1.65. The number of nitrogens with zero attached hydrogens (tertiary/aromatic N) is 3. The number of nitrogens with one attached hydrogen (secondary N) is 1. The van der Waals surface area contributed by atoms with Crippen LogP contribution in [0.3, 0.4) is 0 Å². The molecule has 0 saturated carbocycles. The normalized spacial score (nSPS) is 11.4. The molecule has 0 radical (unpaired) electrons. The van der Waals surface area contributed by atoms with Crippen LogP contribution in [0.2, 0.25) is 0 Å². The molecule has 2 aromatic heterocycles. The van der Waals surface area contributed by atoms with E-state index in [0.29, 0.717) is 11.0 Å². The number of carbonyl (C=O) groups excluding carboxylic acids is 1. The standard InChI is InChI=1S/C19H20N4OS/c1-13(2)15-5-7-16(8-6-15)17-12-25-19(21-17)22-18(24)9-4-14-10-20-23(3)11-14/h4-13H,1-3H3,(H,21,22,24)/b9-4+. The summed E-state index contributed by atoms with van der Waals surface area (Å²) in [6.45, 7) is 4.34. The highest BCUT2D eigenvalue weighted by molar-refractivity contribution is 7.14. The SMILES string of the molecule is CC(C)c1ccc(-c2csc(NC(=O)/C=C/c3cnn(C)c3)n2)cc1. The third-order valence-electron chi connectivity index (χ3n) is 3.76. The Morgan fingerprint density at radius 3 is 2.68 bits per heavy atom. The van der Waals surface area contributed by atoms with Crippen molar-refractivity contribution in [3.63, 3.8) is 0 Å². The monoisotopic (exact) mass is 352 g/mol. The first-order valence-electron chi connectivity index (χ1n) is 8.05. The number of hydrogen-bond acceptors (Lipinski definition) is 4. The minimum atomic E-state index is -0.208. The van der Waals surface area contributed by atoms with Gasteiger partial charge in [0.15, 0.2) is 5.13 Å². The van der Waals surface area contributed by atoms with Crippen molar-refractivity contribution in [2.24, 2.45) is 7.05 Å². The fraction of sp³-hybridized carbons (Fsp3) is 0.211. The number of aromatic nitrogens is 3. The zero-order valence-electron chi connectivity index (χ0n) is 14.4. The van der Waals surface area contributed by atoms with Gasteiger partial charge >= 0.3 is 0 Å². The third kappa shape index (κ3) is 4.42. The quantitative estimate of drug-likeness (QED) is 0.696. The number of hydrogen-bond donors (Lipinski definition) is 1. The maximum absolute atomic E-state index is 12.0. The zero-order valence-corrected chi connectivity index (χ0v) is 15.2. The lowest BCUT2D eigenvalue weighted by atomic mass is 10.0. The lowest BCUT2D eigenvalue weighted by Gasteiger charge is -2.05. The second-order valence-electron chi connectivity index (χ2n) is 6.08. The molecule has 1 amide bonds. The van der Waals surface area contributed by atoms with Gasteiger partial charge in [-0.05, 0) is 17.6 Å². The van der Waals surface area contributed by atoms with Crippen LogP contribution in [0.5, 0.6) is 0 Å². The van der Waals surface area contributed by atoms with Crippen molar-refractivity contribution in [1.82, 2.24) is 14.8 Å². The zero-order chi connectivity index (χ0) is 17.8. The van der Waals surface area contributed by atoms with Crippen molar-refractivity contribution < 1.29 is 4.79 Å².